The maximum Gasteiger partial charge on any atom is 0.494 e. The quantitative estimate of drug-likeness (QED) is 0.661. The molecule has 0 bridgehead atoms. The average molecular weight is 374 g/mol. The molecule has 0 amide bonds. The summed E-state index contributed by atoms with van der Waals surface area (Å²) >= 11 is 0. The molecule has 7 nitrogen and oxygen atoms in total. The standard InChI is InChI=1S/C13H17BN2O3.C2HF3O2/c1-12(2)13(3,4)19-14(18-12)8-5-6-9-10(7-8)16-11(17)15-9;3-2(4,5)1(6)7/h5-7H,1-4H3,(H2,15,16,17);(H,6,7). The van der Waals surface area contributed by atoms with Gasteiger partial charge >= 0.3 is 25.0 Å². The highest BCUT2D eigenvalue weighted by Crippen LogP contribution is 2.36. The van der Waals surface area contributed by atoms with Crippen LogP contribution in [0.2, 0.25) is 0 Å². The number of nitrogens with one attached hydrogen (secondary N) is 2. The first-order valence-corrected chi connectivity index (χ1v) is 7.61. The Morgan fingerprint density at radius 3 is 2.00 bits per heavy atom. The highest BCUT2D eigenvalue weighted by Gasteiger charge is 2.51. The van der Waals surface area contributed by atoms with Crippen LogP contribution in [0.5, 0.6) is 0 Å². The first-order valence-electron chi connectivity index (χ1n) is 7.61. The van der Waals surface area contributed by atoms with Crippen LogP contribution in [-0.2, 0) is 14.1 Å². The van der Waals surface area contributed by atoms with Gasteiger partial charge in [-0.2, -0.15) is 13.2 Å². The van der Waals surface area contributed by atoms with Crippen molar-refractivity contribution in [3.8, 4) is 0 Å². The SMILES string of the molecule is CC1(C)OB(c2ccc3[nH]c(=O)[nH]c3c2)OC1(C)C.O=C(O)C(F)(F)F. The lowest BCUT2D eigenvalue weighted by Gasteiger charge is -2.32. The summed E-state index contributed by atoms with van der Waals surface area (Å²) in [5.74, 6) is -2.76. The van der Waals surface area contributed by atoms with Crippen molar-refractivity contribution < 1.29 is 32.4 Å². The van der Waals surface area contributed by atoms with Gasteiger partial charge in [0.2, 0.25) is 0 Å². The summed E-state index contributed by atoms with van der Waals surface area (Å²) in [4.78, 5) is 25.6. The van der Waals surface area contributed by atoms with Crippen LogP contribution in [0, 0.1) is 0 Å². The molecule has 0 spiro atoms. The fourth-order valence-corrected chi connectivity index (χ4v) is 2.18. The van der Waals surface area contributed by atoms with E-state index in [-0.39, 0.29) is 16.9 Å². The normalized spacial score (nSPS) is 18.5. The number of aromatic amines is 2. The van der Waals surface area contributed by atoms with Crippen molar-refractivity contribution in [3.05, 3.63) is 28.7 Å². The number of carboxylic acid groups (broad SMARTS) is 1. The fraction of sp³-hybridized carbons (Fsp3) is 0.467. The van der Waals surface area contributed by atoms with Crippen LogP contribution >= 0.6 is 0 Å². The summed E-state index contributed by atoms with van der Waals surface area (Å²) in [5, 5.41) is 7.12. The summed E-state index contributed by atoms with van der Waals surface area (Å²) in [6.07, 6.45) is -5.08. The molecule has 0 unspecified atom stereocenters. The molecule has 0 radical (unpaired) electrons. The smallest absolute Gasteiger partial charge is 0.475 e. The third-order valence-corrected chi connectivity index (χ3v) is 4.31. The molecule has 26 heavy (non-hydrogen) atoms. The molecule has 11 heteroatoms. The van der Waals surface area contributed by atoms with E-state index in [0.717, 1.165) is 16.5 Å². The average Bonchev–Trinajstić information content (AvgIpc) is 2.93. The highest BCUT2D eigenvalue weighted by molar-refractivity contribution is 6.62. The largest absolute Gasteiger partial charge is 0.494 e. The Bertz CT molecular complexity index is 856. The van der Waals surface area contributed by atoms with Crippen molar-refractivity contribution in [3.63, 3.8) is 0 Å². The van der Waals surface area contributed by atoms with Crippen LogP contribution in [0.15, 0.2) is 23.0 Å². The Morgan fingerprint density at radius 1 is 1.08 bits per heavy atom. The summed E-state index contributed by atoms with van der Waals surface area (Å²) in [6, 6.07) is 5.65. The molecule has 0 aliphatic carbocycles. The zero-order valence-electron chi connectivity index (χ0n) is 14.5. The second-order valence-corrected chi connectivity index (χ2v) is 6.78. The van der Waals surface area contributed by atoms with Crippen molar-refractivity contribution >= 4 is 29.6 Å². The third kappa shape index (κ3) is 4.10. The predicted molar refractivity (Wildman–Crippen MR) is 88.3 cm³/mol. The van der Waals surface area contributed by atoms with Gasteiger partial charge in [-0.25, -0.2) is 9.59 Å². The molecule has 0 atom stereocenters. The van der Waals surface area contributed by atoms with E-state index >= 15 is 0 Å². The van der Waals surface area contributed by atoms with E-state index in [9.17, 15) is 18.0 Å². The Morgan fingerprint density at radius 2 is 1.54 bits per heavy atom. The Kier molecular flexibility index (Phi) is 4.99. The molecular weight excluding hydrogens is 356 g/mol. The van der Waals surface area contributed by atoms with Crippen molar-refractivity contribution in [2.45, 2.75) is 45.1 Å². The van der Waals surface area contributed by atoms with Gasteiger partial charge in [-0.3, -0.25) is 0 Å². The molecule has 1 aliphatic rings. The van der Waals surface area contributed by atoms with E-state index in [0.29, 0.717) is 0 Å². The molecule has 3 N–H and O–H groups in total. The molecule has 1 aliphatic heterocycles. The number of carbonyl (C=O) groups is 1. The monoisotopic (exact) mass is 374 g/mol. The van der Waals surface area contributed by atoms with Crippen LogP contribution in [-0.4, -0.2) is 45.5 Å². The second-order valence-electron chi connectivity index (χ2n) is 6.78. The minimum atomic E-state index is -5.08. The van der Waals surface area contributed by atoms with Gasteiger partial charge in [-0.05, 0) is 45.3 Å². The molecule has 1 fully saturated rings. The molecule has 2 aromatic rings. The van der Waals surface area contributed by atoms with Crippen molar-refractivity contribution in [1.29, 1.82) is 0 Å². The minimum Gasteiger partial charge on any atom is -0.475 e. The number of alkyl halides is 3. The minimum absolute atomic E-state index is 0.207. The van der Waals surface area contributed by atoms with Gasteiger partial charge in [0.1, 0.15) is 0 Å². The van der Waals surface area contributed by atoms with E-state index in [2.05, 4.69) is 9.97 Å². The number of carboxylic acids is 1. The molecule has 1 saturated heterocycles. The summed E-state index contributed by atoms with van der Waals surface area (Å²) in [5.41, 5.74) is 1.51. The predicted octanol–water partition coefficient (Wildman–Crippen LogP) is 1.79. The van der Waals surface area contributed by atoms with Gasteiger partial charge < -0.3 is 24.4 Å². The maximum absolute atomic E-state index is 11.3. The summed E-state index contributed by atoms with van der Waals surface area (Å²) < 4.78 is 43.7. The number of H-pyrrole nitrogens is 2. The Balaban J connectivity index is 0.000000298. The maximum atomic E-state index is 11.3. The number of aromatic nitrogens is 2. The second kappa shape index (κ2) is 6.47. The lowest BCUT2D eigenvalue weighted by molar-refractivity contribution is -0.192. The van der Waals surface area contributed by atoms with Gasteiger partial charge in [-0.15, -0.1) is 0 Å². The third-order valence-electron chi connectivity index (χ3n) is 4.31. The summed E-state index contributed by atoms with van der Waals surface area (Å²) in [7, 11) is -0.409. The highest BCUT2D eigenvalue weighted by atomic mass is 19.4. The number of aliphatic carboxylic acids is 1. The van der Waals surface area contributed by atoms with Crippen LogP contribution in [0.3, 0.4) is 0 Å². The number of benzene rings is 1. The first-order chi connectivity index (χ1) is 11.7. The zero-order valence-corrected chi connectivity index (χ0v) is 14.5. The lowest BCUT2D eigenvalue weighted by Crippen LogP contribution is -2.41. The number of imidazole rings is 1. The lowest BCUT2D eigenvalue weighted by atomic mass is 9.79. The van der Waals surface area contributed by atoms with Crippen molar-refractivity contribution in [1.82, 2.24) is 9.97 Å². The zero-order chi connectivity index (χ0) is 19.9. The number of fused-ring (bicyclic) bond motifs is 1. The van der Waals surface area contributed by atoms with E-state index in [4.69, 9.17) is 19.2 Å². The van der Waals surface area contributed by atoms with Crippen molar-refractivity contribution in [2.75, 3.05) is 0 Å². The molecule has 0 saturated carbocycles. The fourth-order valence-electron chi connectivity index (χ4n) is 2.18. The number of hydrogen-bond donors (Lipinski definition) is 3. The number of rotatable bonds is 1. The summed E-state index contributed by atoms with van der Waals surface area (Å²) in [6.45, 7) is 8.07. The van der Waals surface area contributed by atoms with Gasteiger partial charge in [0.05, 0.1) is 22.2 Å². The molecule has 142 valence electrons. The molecular formula is C15H18BF3N2O5. The van der Waals surface area contributed by atoms with Crippen LogP contribution in [0.1, 0.15) is 27.7 Å². The first kappa shape index (κ1) is 20.1. The van der Waals surface area contributed by atoms with E-state index in [1.54, 1.807) is 0 Å². The van der Waals surface area contributed by atoms with Crippen LogP contribution in [0.4, 0.5) is 13.2 Å². The van der Waals surface area contributed by atoms with Gasteiger partial charge in [0.15, 0.2) is 0 Å². The molecule has 2 heterocycles. The van der Waals surface area contributed by atoms with Crippen molar-refractivity contribution in [2.24, 2.45) is 0 Å². The number of halogens is 3. The molecule has 1 aromatic carbocycles. The number of hydrogen-bond acceptors (Lipinski definition) is 4. The van der Waals surface area contributed by atoms with E-state index < -0.39 is 19.3 Å². The van der Waals surface area contributed by atoms with Crippen LogP contribution < -0.4 is 11.2 Å². The van der Waals surface area contributed by atoms with Gasteiger partial charge in [0, 0.05) is 0 Å². The van der Waals surface area contributed by atoms with E-state index in [1.807, 2.05) is 45.9 Å². The molecule has 3 rings (SSSR count). The topological polar surface area (TPSA) is 104 Å². The Labute approximate surface area is 146 Å². The van der Waals surface area contributed by atoms with Crippen LogP contribution in [0.25, 0.3) is 11.0 Å². The van der Waals surface area contributed by atoms with Gasteiger partial charge in [-0.1, -0.05) is 6.07 Å². The van der Waals surface area contributed by atoms with Gasteiger partial charge in [0.25, 0.3) is 0 Å². The Hall–Kier alpha value is -2.27. The molecule has 1 aromatic heterocycles. The van der Waals surface area contributed by atoms with E-state index in [1.165, 1.54) is 0 Å².